The zero-order chi connectivity index (χ0) is 19.7. The van der Waals surface area contributed by atoms with Crippen LogP contribution >= 0.6 is 0 Å². The van der Waals surface area contributed by atoms with Crippen LogP contribution in [-0.2, 0) is 6.54 Å². The van der Waals surface area contributed by atoms with Gasteiger partial charge in [0.1, 0.15) is 17.1 Å². The number of fused-ring (bicyclic) bond motifs is 1. The summed E-state index contributed by atoms with van der Waals surface area (Å²) < 4.78 is 10.8. The minimum Gasteiger partial charge on any atom is -0.507 e. The van der Waals surface area contributed by atoms with Gasteiger partial charge >= 0.3 is 5.63 Å². The van der Waals surface area contributed by atoms with Gasteiger partial charge in [0.05, 0.1) is 12.7 Å². The molecule has 0 radical (unpaired) electrons. The Morgan fingerprint density at radius 1 is 1.21 bits per heavy atom. The van der Waals surface area contributed by atoms with E-state index in [4.69, 9.17) is 9.15 Å². The summed E-state index contributed by atoms with van der Waals surface area (Å²) in [6, 6.07) is 12.6. The van der Waals surface area contributed by atoms with Crippen LogP contribution in [0, 0.1) is 5.92 Å². The Morgan fingerprint density at radius 2 is 2.00 bits per heavy atom. The average Bonchev–Trinajstić information content (AvgIpc) is 2.70. The first-order valence-corrected chi connectivity index (χ1v) is 9.70. The van der Waals surface area contributed by atoms with Crippen molar-refractivity contribution in [1.29, 1.82) is 0 Å². The quantitative estimate of drug-likeness (QED) is 0.681. The molecular formula is C23H25NO4. The summed E-state index contributed by atoms with van der Waals surface area (Å²) in [6.07, 6.45) is 2.38. The van der Waals surface area contributed by atoms with Crippen LogP contribution in [0.25, 0.3) is 22.1 Å². The lowest BCUT2D eigenvalue weighted by atomic mass is 9.97. The maximum absolute atomic E-state index is 12.3. The fourth-order valence-electron chi connectivity index (χ4n) is 4.09. The van der Waals surface area contributed by atoms with Gasteiger partial charge in [-0.1, -0.05) is 19.1 Å². The van der Waals surface area contributed by atoms with Crippen molar-refractivity contribution in [2.24, 2.45) is 5.92 Å². The van der Waals surface area contributed by atoms with Crippen molar-refractivity contribution in [2.75, 3.05) is 20.2 Å². The van der Waals surface area contributed by atoms with Gasteiger partial charge in [-0.2, -0.15) is 0 Å². The van der Waals surface area contributed by atoms with Crippen molar-refractivity contribution in [3.05, 3.63) is 58.4 Å². The maximum Gasteiger partial charge on any atom is 0.336 e. The first kappa shape index (κ1) is 18.6. The monoisotopic (exact) mass is 379 g/mol. The molecule has 5 nitrogen and oxygen atoms in total. The number of aromatic hydroxyl groups is 1. The molecule has 1 N–H and O–H groups in total. The molecule has 1 atom stereocenters. The van der Waals surface area contributed by atoms with E-state index >= 15 is 0 Å². The van der Waals surface area contributed by atoms with Crippen LogP contribution in [0.1, 0.15) is 25.3 Å². The van der Waals surface area contributed by atoms with E-state index in [9.17, 15) is 9.90 Å². The van der Waals surface area contributed by atoms with E-state index in [1.807, 2.05) is 30.3 Å². The number of phenols is 1. The van der Waals surface area contributed by atoms with E-state index in [1.165, 1.54) is 12.5 Å². The highest BCUT2D eigenvalue weighted by atomic mass is 16.5. The lowest BCUT2D eigenvalue weighted by Gasteiger charge is -2.31. The number of methoxy groups -OCH3 is 1. The number of phenolic OH excluding ortho intramolecular Hbond substituents is 1. The molecule has 1 fully saturated rings. The van der Waals surface area contributed by atoms with E-state index in [0.717, 1.165) is 41.8 Å². The molecule has 1 aliphatic rings. The van der Waals surface area contributed by atoms with Crippen LogP contribution in [0.15, 0.2) is 51.7 Å². The topological polar surface area (TPSA) is 62.9 Å². The summed E-state index contributed by atoms with van der Waals surface area (Å²) in [4.78, 5) is 14.6. The lowest BCUT2D eigenvalue weighted by Crippen LogP contribution is -2.33. The zero-order valence-electron chi connectivity index (χ0n) is 16.3. The van der Waals surface area contributed by atoms with Crippen molar-refractivity contribution < 1.29 is 14.3 Å². The van der Waals surface area contributed by atoms with Gasteiger partial charge in [0.2, 0.25) is 0 Å². The number of rotatable bonds is 4. The fourth-order valence-corrected chi connectivity index (χ4v) is 4.09. The highest BCUT2D eigenvalue weighted by Gasteiger charge is 2.21. The standard InChI is InChI=1S/C23H25NO4/c1-15-4-3-11-24(13-15)14-20-21(25)10-9-18-19(12-22(26)28-23(18)20)16-5-7-17(27-2)8-6-16/h5-10,12,15,25H,3-4,11,13-14H2,1-2H3. The summed E-state index contributed by atoms with van der Waals surface area (Å²) in [5.74, 6) is 1.56. The minimum atomic E-state index is -0.419. The highest BCUT2D eigenvalue weighted by Crippen LogP contribution is 2.35. The fraction of sp³-hybridized carbons (Fsp3) is 0.348. The number of likely N-dealkylation sites (tertiary alicyclic amines) is 1. The van der Waals surface area contributed by atoms with Crippen LogP contribution in [0.4, 0.5) is 0 Å². The molecule has 0 aliphatic carbocycles. The summed E-state index contributed by atoms with van der Waals surface area (Å²) >= 11 is 0. The number of hydrogen-bond acceptors (Lipinski definition) is 5. The van der Waals surface area contributed by atoms with E-state index in [0.29, 0.717) is 23.6 Å². The normalized spacial score (nSPS) is 17.7. The van der Waals surface area contributed by atoms with E-state index in [1.54, 1.807) is 13.2 Å². The molecule has 28 heavy (non-hydrogen) atoms. The Labute approximate surface area is 164 Å². The van der Waals surface area contributed by atoms with Gasteiger partial charge in [0.15, 0.2) is 0 Å². The Kier molecular flexibility index (Phi) is 5.09. The summed E-state index contributed by atoms with van der Waals surface area (Å²) in [7, 11) is 1.62. The number of ether oxygens (including phenoxy) is 1. The molecule has 1 aliphatic heterocycles. The predicted molar refractivity (Wildman–Crippen MR) is 110 cm³/mol. The van der Waals surface area contributed by atoms with Crippen molar-refractivity contribution in [3.8, 4) is 22.6 Å². The van der Waals surface area contributed by atoms with Gasteiger partial charge in [-0.05, 0) is 60.7 Å². The molecule has 0 bridgehead atoms. The molecular weight excluding hydrogens is 354 g/mol. The summed E-state index contributed by atoms with van der Waals surface area (Å²) in [5.41, 5.74) is 2.43. The van der Waals surface area contributed by atoms with Gasteiger partial charge in [-0.15, -0.1) is 0 Å². The third-order valence-corrected chi connectivity index (χ3v) is 5.51. The van der Waals surface area contributed by atoms with E-state index in [-0.39, 0.29) is 5.75 Å². The van der Waals surface area contributed by atoms with Crippen LogP contribution in [0.3, 0.4) is 0 Å². The lowest BCUT2D eigenvalue weighted by molar-refractivity contribution is 0.175. The molecule has 2 aromatic carbocycles. The molecule has 0 amide bonds. The molecule has 1 aromatic heterocycles. The molecule has 4 rings (SSSR count). The second kappa shape index (κ2) is 7.68. The van der Waals surface area contributed by atoms with Crippen molar-refractivity contribution in [3.63, 3.8) is 0 Å². The molecule has 0 saturated carbocycles. The Bertz CT molecular complexity index is 1040. The van der Waals surface area contributed by atoms with Gasteiger partial charge in [0, 0.05) is 24.5 Å². The van der Waals surface area contributed by atoms with Crippen molar-refractivity contribution >= 4 is 11.0 Å². The molecule has 2 heterocycles. The van der Waals surface area contributed by atoms with E-state index < -0.39 is 5.63 Å². The molecule has 1 saturated heterocycles. The minimum absolute atomic E-state index is 0.167. The maximum atomic E-state index is 12.3. The molecule has 5 heteroatoms. The van der Waals surface area contributed by atoms with Crippen LogP contribution < -0.4 is 10.4 Å². The van der Waals surface area contributed by atoms with Crippen LogP contribution in [-0.4, -0.2) is 30.2 Å². The number of nitrogens with zero attached hydrogens (tertiary/aromatic N) is 1. The molecule has 146 valence electrons. The number of hydrogen-bond donors (Lipinski definition) is 1. The Balaban J connectivity index is 1.81. The van der Waals surface area contributed by atoms with Gasteiger partial charge in [0.25, 0.3) is 0 Å². The zero-order valence-corrected chi connectivity index (χ0v) is 16.3. The van der Waals surface area contributed by atoms with Gasteiger partial charge in [-0.25, -0.2) is 4.79 Å². The van der Waals surface area contributed by atoms with Crippen LogP contribution in [0.2, 0.25) is 0 Å². The molecule has 1 unspecified atom stereocenters. The third-order valence-electron chi connectivity index (χ3n) is 5.51. The third kappa shape index (κ3) is 3.62. The van der Waals surface area contributed by atoms with Gasteiger partial charge in [-0.3, -0.25) is 4.90 Å². The van der Waals surface area contributed by atoms with Gasteiger partial charge < -0.3 is 14.3 Å². The second-order valence-corrected chi connectivity index (χ2v) is 7.63. The number of piperidine rings is 1. The predicted octanol–water partition coefficient (Wildman–Crippen LogP) is 4.41. The first-order chi connectivity index (χ1) is 13.5. The summed E-state index contributed by atoms with van der Waals surface area (Å²) in [6.45, 7) is 4.79. The Morgan fingerprint density at radius 3 is 2.71 bits per heavy atom. The SMILES string of the molecule is COc1ccc(-c2cc(=O)oc3c(CN4CCCC(C)C4)c(O)ccc23)cc1. The first-order valence-electron chi connectivity index (χ1n) is 9.70. The van der Waals surface area contributed by atoms with Crippen molar-refractivity contribution in [2.45, 2.75) is 26.3 Å². The molecule has 0 spiro atoms. The van der Waals surface area contributed by atoms with E-state index in [2.05, 4.69) is 11.8 Å². The molecule has 3 aromatic rings. The number of benzene rings is 2. The highest BCUT2D eigenvalue weighted by molar-refractivity contribution is 5.95. The van der Waals surface area contributed by atoms with Crippen LogP contribution in [0.5, 0.6) is 11.5 Å². The summed E-state index contributed by atoms with van der Waals surface area (Å²) in [5, 5.41) is 11.3. The smallest absolute Gasteiger partial charge is 0.336 e. The second-order valence-electron chi connectivity index (χ2n) is 7.63. The average molecular weight is 379 g/mol. The Hall–Kier alpha value is -2.79. The van der Waals surface area contributed by atoms with Crippen molar-refractivity contribution in [1.82, 2.24) is 4.90 Å². The largest absolute Gasteiger partial charge is 0.507 e.